The van der Waals surface area contributed by atoms with Crippen LogP contribution in [0.25, 0.3) is 11.1 Å². The van der Waals surface area contributed by atoms with Crippen LogP contribution in [0.4, 0.5) is 10.4 Å². The van der Waals surface area contributed by atoms with Crippen molar-refractivity contribution in [1.29, 1.82) is 0 Å². The molecule has 23 heavy (non-hydrogen) atoms. The molecule has 1 aromatic carbocycles. The fraction of sp³-hybridized carbons (Fsp3) is 0.400. The molecule has 1 fully saturated rings. The van der Waals surface area contributed by atoms with E-state index in [1.54, 1.807) is 12.4 Å². The topological polar surface area (TPSA) is 69.2 Å². The number of nitrogens with zero attached hydrogens (tertiary/aromatic N) is 5. The largest absolute Gasteiger partial charge is 0.423 e. The maximum Gasteiger partial charge on any atom is 0.298 e. The second-order valence-corrected chi connectivity index (χ2v) is 5.39. The molecule has 0 N–H and O–H groups in total. The van der Waals surface area contributed by atoms with Gasteiger partial charge >= 0.3 is 0 Å². The molecule has 0 aliphatic carbocycles. The van der Waals surface area contributed by atoms with Gasteiger partial charge in [0.25, 0.3) is 6.01 Å². The van der Waals surface area contributed by atoms with Crippen molar-refractivity contribution in [3.63, 3.8) is 0 Å². The minimum Gasteiger partial charge on any atom is -0.423 e. The van der Waals surface area contributed by atoms with E-state index in [1.807, 2.05) is 16.4 Å². The fourth-order valence-electron chi connectivity index (χ4n) is 2.76. The molecule has 120 valence electrons. The summed E-state index contributed by atoms with van der Waals surface area (Å²) in [5, 5.41) is 8.10. The van der Waals surface area contributed by atoms with Gasteiger partial charge in [0.15, 0.2) is 11.4 Å². The smallest absolute Gasteiger partial charge is 0.298 e. The van der Waals surface area contributed by atoms with Gasteiger partial charge in [0.05, 0.1) is 13.2 Å². The summed E-state index contributed by atoms with van der Waals surface area (Å²) in [4.78, 5) is 6.36. The van der Waals surface area contributed by atoms with Crippen molar-refractivity contribution in [2.75, 3.05) is 24.6 Å². The number of hydrogen-bond donors (Lipinski definition) is 0. The van der Waals surface area contributed by atoms with Crippen LogP contribution in [0.15, 0.2) is 28.9 Å². The van der Waals surface area contributed by atoms with Gasteiger partial charge in [-0.25, -0.2) is 4.39 Å². The molecule has 4 rings (SSSR count). The predicted molar refractivity (Wildman–Crippen MR) is 80.6 cm³/mol. The number of anilines is 1. The molecule has 1 aliphatic rings. The first-order valence-electron chi connectivity index (χ1n) is 7.55. The van der Waals surface area contributed by atoms with E-state index in [2.05, 4.69) is 15.2 Å². The Morgan fingerprint density at radius 3 is 3.17 bits per heavy atom. The van der Waals surface area contributed by atoms with Crippen LogP contribution >= 0.6 is 0 Å². The van der Waals surface area contributed by atoms with Crippen molar-refractivity contribution < 1.29 is 13.5 Å². The van der Waals surface area contributed by atoms with Crippen molar-refractivity contribution in [1.82, 2.24) is 19.7 Å². The van der Waals surface area contributed by atoms with Crippen molar-refractivity contribution in [3.05, 3.63) is 36.2 Å². The maximum atomic E-state index is 13.3. The molecule has 3 heterocycles. The first kappa shape index (κ1) is 14.1. The Bertz CT molecular complexity index is 830. The highest BCUT2D eigenvalue weighted by molar-refractivity contribution is 5.74. The molecule has 1 saturated heterocycles. The van der Waals surface area contributed by atoms with E-state index in [1.165, 1.54) is 12.1 Å². The lowest BCUT2D eigenvalue weighted by Gasteiger charge is -2.31. The van der Waals surface area contributed by atoms with E-state index in [9.17, 15) is 4.39 Å². The molecular weight excluding hydrogens is 301 g/mol. The molecule has 0 unspecified atom stereocenters. The first-order valence-corrected chi connectivity index (χ1v) is 7.55. The van der Waals surface area contributed by atoms with E-state index < -0.39 is 0 Å². The summed E-state index contributed by atoms with van der Waals surface area (Å²) in [6, 6.07) is 4.80. The number of rotatable bonds is 3. The fourth-order valence-corrected chi connectivity index (χ4v) is 2.76. The van der Waals surface area contributed by atoms with Gasteiger partial charge in [-0.15, -0.1) is 10.2 Å². The highest BCUT2D eigenvalue weighted by Crippen LogP contribution is 2.27. The molecule has 0 amide bonds. The van der Waals surface area contributed by atoms with Gasteiger partial charge in [-0.1, -0.05) is 0 Å². The predicted octanol–water partition coefficient (Wildman–Crippen LogP) is 2.16. The molecule has 0 spiro atoms. The van der Waals surface area contributed by atoms with E-state index in [4.69, 9.17) is 9.15 Å². The van der Waals surface area contributed by atoms with Crippen LogP contribution < -0.4 is 4.90 Å². The molecular formula is C15H16FN5O2. The molecule has 3 aromatic rings. The van der Waals surface area contributed by atoms with Gasteiger partial charge in [-0.05, 0) is 19.1 Å². The van der Waals surface area contributed by atoms with Crippen LogP contribution in [-0.4, -0.2) is 39.4 Å². The van der Waals surface area contributed by atoms with Gasteiger partial charge < -0.3 is 18.6 Å². The Labute approximate surface area is 131 Å². The molecule has 8 heteroatoms. The monoisotopic (exact) mass is 317 g/mol. The number of aromatic nitrogens is 4. The van der Waals surface area contributed by atoms with Crippen molar-refractivity contribution in [3.8, 4) is 0 Å². The highest BCUT2D eigenvalue weighted by atomic mass is 19.1. The van der Waals surface area contributed by atoms with Gasteiger partial charge in [0, 0.05) is 19.2 Å². The third kappa shape index (κ3) is 2.55. The van der Waals surface area contributed by atoms with Crippen LogP contribution in [0, 0.1) is 5.82 Å². The van der Waals surface area contributed by atoms with Crippen LogP contribution in [0.5, 0.6) is 0 Å². The third-order valence-corrected chi connectivity index (χ3v) is 3.95. The minimum atomic E-state index is -0.326. The molecule has 0 bridgehead atoms. The average molecular weight is 317 g/mol. The molecule has 0 saturated carbocycles. The number of morpholine rings is 1. The Morgan fingerprint density at radius 1 is 1.39 bits per heavy atom. The number of benzene rings is 1. The zero-order valence-electron chi connectivity index (χ0n) is 12.6. The zero-order valence-corrected chi connectivity index (χ0v) is 12.6. The normalized spacial score (nSPS) is 18.7. The lowest BCUT2D eigenvalue weighted by Crippen LogP contribution is -2.39. The van der Waals surface area contributed by atoms with E-state index in [0.717, 1.165) is 12.4 Å². The number of oxazole rings is 1. The van der Waals surface area contributed by atoms with Crippen molar-refractivity contribution in [2.24, 2.45) is 0 Å². The van der Waals surface area contributed by atoms with Crippen LogP contribution in [-0.2, 0) is 11.3 Å². The Morgan fingerprint density at radius 2 is 2.30 bits per heavy atom. The summed E-state index contributed by atoms with van der Waals surface area (Å²) >= 11 is 0. The number of hydrogen-bond acceptors (Lipinski definition) is 6. The summed E-state index contributed by atoms with van der Waals surface area (Å²) in [6.45, 7) is 4.57. The van der Waals surface area contributed by atoms with Gasteiger partial charge in [0.2, 0.25) is 0 Å². The van der Waals surface area contributed by atoms with Crippen LogP contribution in [0.1, 0.15) is 18.9 Å². The van der Waals surface area contributed by atoms with Crippen molar-refractivity contribution in [2.45, 2.75) is 19.6 Å². The van der Waals surface area contributed by atoms with Crippen molar-refractivity contribution >= 4 is 17.1 Å². The highest BCUT2D eigenvalue weighted by Gasteiger charge is 2.28. The van der Waals surface area contributed by atoms with E-state index >= 15 is 0 Å². The summed E-state index contributed by atoms with van der Waals surface area (Å²) in [6.07, 6.45) is 1.50. The average Bonchev–Trinajstić information content (AvgIpc) is 3.21. The SMILES string of the molecule is CCn1cnnc1[C@H]1CN(c2nc3cc(F)ccc3o2)CCO1. The second kappa shape index (κ2) is 5.62. The first-order chi connectivity index (χ1) is 11.2. The standard InChI is InChI=1S/C15H16FN5O2/c1-2-20-9-17-19-14(20)13-8-21(5-6-22-13)15-18-11-7-10(16)3-4-12(11)23-15/h3-4,7,9,13H,2,5-6,8H2,1H3/t13-/m1/s1. The number of halogens is 1. The Balaban J connectivity index is 1.61. The molecule has 2 aromatic heterocycles. The molecule has 0 radical (unpaired) electrons. The van der Waals surface area contributed by atoms with Gasteiger partial charge in [-0.3, -0.25) is 0 Å². The van der Waals surface area contributed by atoms with Gasteiger partial charge in [0.1, 0.15) is 23.8 Å². The van der Waals surface area contributed by atoms with E-state index in [0.29, 0.717) is 36.8 Å². The lowest BCUT2D eigenvalue weighted by atomic mass is 10.2. The summed E-state index contributed by atoms with van der Waals surface area (Å²) in [5.41, 5.74) is 1.08. The molecule has 1 atom stereocenters. The van der Waals surface area contributed by atoms with E-state index in [-0.39, 0.29) is 11.9 Å². The molecule has 1 aliphatic heterocycles. The number of ether oxygens (including phenoxy) is 1. The molecule has 7 nitrogen and oxygen atoms in total. The lowest BCUT2D eigenvalue weighted by molar-refractivity contribution is 0.0300. The second-order valence-electron chi connectivity index (χ2n) is 5.39. The van der Waals surface area contributed by atoms with Crippen LogP contribution in [0.3, 0.4) is 0 Å². The zero-order chi connectivity index (χ0) is 15.8. The van der Waals surface area contributed by atoms with Gasteiger partial charge in [-0.2, -0.15) is 4.98 Å². The maximum absolute atomic E-state index is 13.3. The summed E-state index contributed by atoms with van der Waals surface area (Å²) in [5.74, 6) is 0.465. The Hall–Kier alpha value is -2.48. The number of fused-ring (bicyclic) bond motifs is 1. The summed E-state index contributed by atoms with van der Waals surface area (Å²) in [7, 11) is 0. The van der Waals surface area contributed by atoms with Crippen LogP contribution in [0.2, 0.25) is 0 Å². The quantitative estimate of drug-likeness (QED) is 0.737. The third-order valence-electron chi connectivity index (χ3n) is 3.95. The summed E-state index contributed by atoms with van der Waals surface area (Å²) < 4.78 is 26.8. The number of aryl methyl sites for hydroxylation is 1. The Kier molecular flexibility index (Phi) is 3.45. The minimum absolute atomic E-state index is 0.196.